The number of halogens is 2. The molecular formula is C11H12BrClO3. The molecule has 1 aliphatic rings. The lowest BCUT2D eigenvalue weighted by Crippen LogP contribution is -2.49. The van der Waals surface area contributed by atoms with E-state index in [1.165, 1.54) is 0 Å². The molecule has 0 aliphatic carbocycles. The van der Waals surface area contributed by atoms with Crippen molar-refractivity contribution in [2.45, 2.75) is 0 Å². The fourth-order valence-corrected chi connectivity index (χ4v) is 2.16. The third kappa shape index (κ3) is 2.51. The standard InChI is InChI=1S/C11H12BrClO3/c12-8-1-2-10(9(13)3-8)16-7-11(4-14)5-15-6-11/h1-3,14H,4-7H2. The summed E-state index contributed by atoms with van der Waals surface area (Å²) in [6.07, 6.45) is 0. The second kappa shape index (κ2) is 4.92. The molecule has 0 radical (unpaired) electrons. The summed E-state index contributed by atoms with van der Waals surface area (Å²) in [7, 11) is 0. The van der Waals surface area contributed by atoms with Gasteiger partial charge in [-0.25, -0.2) is 0 Å². The van der Waals surface area contributed by atoms with Crippen molar-refractivity contribution in [3.05, 3.63) is 27.7 Å². The Hall–Kier alpha value is -0.290. The maximum atomic E-state index is 9.23. The van der Waals surface area contributed by atoms with E-state index in [0.717, 1.165) is 4.47 Å². The van der Waals surface area contributed by atoms with Gasteiger partial charge in [0.05, 0.1) is 30.3 Å². The van der Waals surface area contributed by atoms with Gasteiger partial charge in [0.2, 0.25) is 0 Å². The van der Waals surface area contributed by atoms with Crippen LogP contribution in [0.1, 0.15) is 0 Å². The van der Waals surface area contributed by atoms with Crippen LogP contribution in [0.3, 0.4) is 0 Å². The van der Waals surface area contributed by atoms with Crippen LogP contribution in [0.25, 0.3) is 0 Å². The second-order valence-corrected chi connectivity index (χ2v) is 5.34. The first-order valence-corrected chi connectivity index (χ1v) is 6.09. The van der Waals surface area contributed by atoms with Crippen molar-refractivity contribution in [3.63, 3.8) is 0 Å². The summed E-state index contributed by atoms with van der Waals surface area (Å²) >= 11 is 9.34. The maximum absolute atomic E-state index is 9.23. The summed E-state index contributed by atoms with van der Waals surface area (Å²) in [6.45, 7) is 1.57. The third-order valence-corrected chi connectivity index (χ3v) is 3.37. The molecule has 1 aliphatic heterocycles. The molecule has 1 aromatic carbocycles. The lowest BCUT2D eigenvalue weighted by atomic mass is 9.88. The highest BCUT2D eigenvalue weighted by atomic mass is 79.9. The first-order valence-electron chi connectivity index (χ1n) is 4.92. The van der Waals surface area contributed by atoms with E-state index in [-0.39, 0.29) is 12.0 Å². The first kappa shape index (κ1) is 12.2. The highest BCUT2D eigenvalue weighted by Crippen LogP contribution is 2.32. The molecule has 1 aromatic rings. The monoisotopic (exact) mass is 306 g/mol. The molecule has 88 valence electrons. The molecule has 0 unspecified atom stereocenters. The van der Waals surface area contributed by atoms with Crippen LogP contribution in [0.2, 0.25) is 5.02 Å². The molecule has 1 heterocycles. The van der Waals surface area contributed by atoms with Crippen molar-refractivity contribution in [2.24, 2.45) is 5.41 Å². The van der Waals surface area contributed by atoms with Gasteiger partial charge in [0.1, 0.15) is 12.4 Å². The molecule has 0 amide bonds. The van der Waals surface area contributed by atoms with E-state index in [1.54, 1.807) is 12.1 Å². The molecule has 1 fully saturated rings. The summed E-state index contributed by atoms with van der Waals surface area (Å²) in [6, 6.07) is 5.45. The Kier molecular flexibility index (Phi) is 3.74. The van der Waals surface area contributed by atoms with Gasteiger partial charge in [0.15, 0.2) is 0 Å². The van der Waals surface area contributed by atoms with Crippen LogP contribution in [-0.4, -0.2) is 31.5 Å². The van der Waals surface area contributed by atoms with Crippen molar-refractivity contribution in [1.29, 1.82) is 0 Å². The average Bonchev–Trinajstić information content (AvgIpc) is 2.19. The smallest absolute Gasteiger partial charge is 0.137 e. The average molecular weight is 308 g/mol. The highest BCUT2D eigenvalue weighted by Gasteiger charge is 2.39. The molecule has 3 nitrogen and oxygen atoms in total. The molecule has 0 bridgehead atoms. The van der Waals surface area contributed by atoms with Crippen LogP contribution < -0.4 is 4.74 Å². The normalized spacial score (nSPS) is 17.9. The Morgan fingerprint density at radius 3 is 2.75 bits per heavy atom. The van der Waals surface area contributed by atoms with Crippen LogP contribution in [0.15, 0.2) is 22.7 Å². The minimum Gasteiger partial charge on any atom is -0.491 e. The van der Waals surface area contributed by atoms with E-state index in [9.17, 15) is 5.11 Å². The van der Waals surface area contributed by atoms with E-state index in [2.05, 4.69) is 15.9 Å². The molecule has 1 N–H and O–H groups in total. The van der Waals surface area contributed by atoms with Gasteiger partial charge in [-0.1, -0.05) is 27.5 Å². The van der Waals surface area contributed by atoms with Crippen molar-refractivity contribution < 1.29 is 14.6 Å². The third-order valence-electron chi connectivity index (χ3n) is 2.58. The van der Waals surface area contributed by atoms with Gasteiger partial charge in [-0.15, -0.1) is 0 Å². The van der Waals surface area contributed by atoms with Gasteiger partial charge in [0.25, 0.3) is 0 Å². The second-order valence-electron chi connectivity index (χ2n) is 4.01. The van der Waals surface area contributed by atoms with E-state index >= 15 is 0 Å². The zero-order valence-corrected chi connectivity index (χ0v) is 10.9. The molecule has 0 saturated carbocycles. The molecule has 5 heteroatoms. The quantitative estimate of drug-likeness (QED) is 0.929. The van der Waals surface area contributed by atoms with Crippen molar-refractivity contribution >= 4 is 27.5 Å². The highest BCUT2D eigenvalue weighted by molar-refractivity contribution is 9.10. The topological polar surface area (TPSA) is 38.7 Å². The predicted octanol–water partition coefficient (Wildman–Crippen LogP) is 2.49. The number of hydrogen-bond donors (Lipinski definition) is 1. The lowest BCUT2D eigenvalue weighted by Gasteiger charge is -2.39. The minimum absolute atomic E-state index is 0.0706. The SMILES string of the molecule is OCC1(COc2ccc(Br)cc2Cl)COC1. The number of aliphatic hydroxyl groups is 1. The zero-order chi connectivity index (χ0) is 11.6. The van der Waals surface area contributed by atoms with Crippen LogP contribution in [0.5, 0.6) is 5.75 Å². The van der Waals surface area contributed by atoms with Crippen LogP contribution in [0, 0.1) is 5.41 Å². The molecule has 2 rings (SSSR count). The van der Waals surface area contributed by atoms with Crippen LogP contribution in [-0.2, 0) is 4.74 Å². The summed E-state index contributed by atoms with van der Waals surface area (Å²) in [5.74, 6) is 0.629. The summed E-state index contributed by atoms with van der Waals surface area (Å²) in [5.41, 5.74) is -0.254. The fourth-order valence-electron chi connectivity index (χ4n) is 1.43. The van der Waals surface area contributed by atoms with E-state index in [1.807, 2.05) is 6.07 Å². The minimum atomic E-state index is -0.254. The van der Waals surface area contributed by atoms with Crippen LogP contribution in [0.4, 0.5) is 0 Å². The molecule has 0 atom stereocenters. The molecule has 16 heavy (non-hydrogen) atoms. The van der Waals surface area contributed by atoms with Crippen molar-refractivity contribution in [2.75, 3.05) is 26.4 Å². The zero-order valence-electron chi connectivity index (χ0n) is 8.58. The van der Waals surface area contributed by atoms with Crippen LogP contribution >= 0.6 is 27.5 Å². The molecular weight excluding hydrogens is 295 g/mol. The van der Waals surface area contributed by atoms with Crippen molar-refractivity contribution in [3.8, 4) is 5.75 Å². The lowest BCUT2D eigenvalue weighted by molar-refractivity contribution is -0.153. The Morgan fingerprint density at radius 1 is 1.50 bits per heavy atom. The number of hydrogen-bond acceptors (Lipinski definition) is 3. The van der Waals surface area contributed by atoms with E-state index < -0.39 is 0 Å². The molecule has 1 saturated heterocycles. The maximum Gasteiger partial charge on any atom is 0.137 e. The van der Waals surface area contributed by atoms with Crippen molar-refractivity contribution in [1.82, 2.24) is 0 Å². The van der Waals surface area contributed by atoms with E-state index in [4.69, 9.17) is 21.1 Å². The largest absolute Gasteiger partial charge is 0.491 e. The number of aliphatic hydroxyl groups excluding tert-OH is 1. The van der Waals surface area contributed by atoms with Gasteiger partial charge < -0.3 is 14.6 Å². The number of benzene rings is 1. The van der Waals surface area contributed by atoms with E-state index in [0.29, 0.717) is 30.6 Å². The summed E-state index contributed by atoms with van der Waals surface area (Å²) in [4.78, 5) is 0. The Morgan fingerprint density at radius 2 is 2.25 bits per heavy atom. The Balaban J connectivity index is 1.99. The Labute approximate surface area is 107 Å². The van der Waals surface area contributed by atoms with Gasteiger partial charge in [-0.05, 0) is 18.2 Å². The van der Waals surface area contributed by atoms with Gasteiger partial charge in [-0.3, -0.25) is 0 Å². The summed E-state index contributed by atoms with van der Waals surface area (Å²) < 4.78 is 11.6. The number of rotatable bonds is 4. The Bertz CT molecular complexity index is 374. The molecule has 0 aromatic heterocycles. The molecule has 0 spiro atoms. The summed E-state index contributed by atoms with van der Waals surface area (Å²) in [5, 5.41) is 9.79. The van der Waals surface area contributed by atoms with Gasteiger partial charge >= 0.3 is 0 Å². The fraction of sp³-hybridized carbons (Fsp3) is 0.455. The number of ether oxygens (including phenoxy) is 2. The predicted molar refractivity (Wildman–Crippen MR) is 65.0 cm³/mol. The first-order chi connectivity index (χ1) is 7.65. The van der Waals surface area contributed by atoms with Gasteiger partial charge in [0, 0.05) is 4.47 Å². The van der Waals surface area contributed by atoms with Gasteiger partial charge in [-0.2, -0.15) is 0 Å².